The van der Waals surface area contributed by atoms with Gasteiger partial charge in [-0.3, -0.25) is 4.79 Å². The van der Waals surface area contributed by atoms with Crippen molar-refractivity contribution in [2.45, 2.75) is 51.1 Å². The summed E-state index contributed by atoms with van der Waals surface area (Å²) < 4.78 is 22.7. The molecule has 5 rings (SSSR count). The third kappa shape index (κ3) is 3.35. The molecule has 1 aromatic heterocycles. The van der Waals surface area contributed by atoms with Crippen LogP contribution in [0.3, 0.4) is 0 Å². The molecule has 0 bridgehead atoms. The summed E-state index contributed by atoms with van der Waals surface area (Å²) in [5.41, 5.74) is 7.45. The van der Waals surface area contributed by atoms with Gasteiger partial charge in [0.2, 0.25) is 5.43 Å². The average Bonchev–Trinajstić information content (AvgIpc) is 3.51. The van der Waals surface area contributed by atoms with Gasteiger partial charge < -0.3 is 19.9 Å². The third-order valence-electron chi connectivity index (χ3n) is 6.79. The number of esters is 1. The molecular weight excluding hydrogens is 397 g/mol. The molecule has 2 fully saturated rings. The molecule has 6 nitrogen and oxygen atoms in total. The highest BCUT2D eigenvalue weighted by molar-refractivity contribution is 5.99. The lowest BCUT2D eigenvalue weighted by molar-refractivity contribution is 0.0524. The SMILES string of the molecule is CCOC(=O)c1cn(C2CC2)c2c3c(c(F)cc2c1=O)N1C[C@H](CN)CC1CCC=C3. The second-order valence-corrected chi connectivity index (χ2v) is 8.87. The highest BCUT2D eigenvalue weighted by Gasteiger charge is 2.36. The number of hydrogen-bond acceptors (Lipinski definition) is 5. The fourth-order valence-corrected chi connectivity index (χ4v) is 5.17. The molecule has 3 heterocycles. The topological polar surface area (TPSA) is 77.6 Å². The summed E-state index contributed by atoms with van der Waals surface area (Å²) in [6, 6.07) is 1.76. The van der Waals surface area contributed by atoms with Crippen LogP contribution in [0.25, 0.3) is 17.0 Å². The number of anilines is 1. The van der Waals surface area contributed by atoms with Crippen LogP contribution in [0.4, 0.5) is 10.1 Å². The molecule has 1 saturated carbocycles. The maximum Gasteiger partial charge on any atom is 0.343 e. The van der Waals surface area contributed by atoms with E-state index in [2.05, 4.69) is 11.0 Å². The maximum atomic E-state index is 15.6. The Morgan fingerprint density at radius 3 is 2.81 bits per heavy atom. The van der Waals surface area contributed by atoms with Gasteiger partial charge in [0.25, 0.3) is 0 Å². The minimum absolute atomic E-state index is 0.0299. The monoisotopic (exact) mass is 425 g/mol. The summed E-state index contributed by atoms with van der Waals surface area (Å²) in [5.74, 6) is -0.739. The van der Waals surface area contributed by atoms with Crippen LogP contribution in [0.5, 0.6) is 0 Å². The van der Waals surface area contributed by atoms with Gasteiger partial charge in [-0.15, -0.1) is 0 Å². The van der Waals surface area contributed by atoms with Gasteiger partial charge in [0.05, 0.1) is 23.2 Å². The van der Waals surface area contributed by atoms with Crippen LogP contribution >= 0.6 is 0 Å². The Hall–Kier alpha value is -2.67. The first-order valence-corrected chi connectivity index (χ1v) is 11.2. The molecule has 2 aliphatic heterocycles. The minimum atomic E-state index is -0.656. The summed E-state index contributed by atoms with van der Waals surface area (Å²) in [5, 5.41) is 0.241. The van der Waals surface area contributed by atoms with E-state index in [4.69, 9.17) is 10.5 Å². The average molecular weight is 426 g/mol. The first-order chi connectivity index (χ1) is 15.0. The third-order valence-corrected chi connectivity index (χ3v) is 6.79. The van der Waals surface area contributed by atoms with E-state index < -0.39 is 17.2 Å². The Balaban J connectivity index is 1.79. The van der Waals surface area contributed by atoms with E-state index in [-0.39, 0.29) is 29.6 Å². The zero-order chi connectivity index (χ0) is 21.7. The number of ether oxygens (including phenoxy) is 1. The highest BCUT2D eigenvalue weighted by Crippen LogP contribution is 2.43. The molecule has 0 radical (unpaired) electrons. The van der Waals surface area contributed by atoms with Crippen LogP contribution < -0.4 is 16.1 Å². The van der Waals surface area contributed by atoms with Crippen molar-refractivity contribution in [3.8, 4) is 0 Å². The van der Waals surface area contributed by atoms with Gasteiger partial charge in [0, 0.05) is 30.4 Å². The molecular formula is C24H28FN3O3. The molecule has 1 unspecified atom stereocenters. The number of nitrogens with zero attached hydrogens (tertiary/aromatic N) is 2. The minimum Gasteiger partial charge on any atom is -0.462 e. The number of nitrogens with two attached hydrogens (primary N) is 1. The number of halogens is 1. The predicted octanol–water partition coefficient (Wildman–Crippen LogP) is 3.61. The second kappa shape index (κ2) is 7.79. The largest absolute Gasteiger partial charge is 0.462 e. The molecule has 3 aliphatic rings. The Labute approximate surface area is 180 Å². The quantitative estimate of drug-likeness (QED) is 0.758. The van der Waals surface area contributed by atoms with Crippen LogP contribution in [0.1, 0.15) is 61.0 Å². The van der Waals surface area contributed by atoms with Crippen molar-refractivity contribution >= 4 is 28.6 Å². The molecule has 2 atom stereocenters. The molecule has 0 spiro atoms. The second-order valence-electron chi connectivity index (χ2n) is 8.87. The predicted molar refractivity (Wildman–Crippen MR) is 119 cm³/mol. The number of aromatic nitrogens is 1. The van der Waals surface area contributed by atoms with Gasteiger partial charge in [-0.1, -0.05) is 12.2 Å². The summed E-state index contributed by atoms with van der Waals surface area (Å²) in [6.07, 6.45) is 10.4. The van der Waals surface area contributed by atoms with Gasteiger partial charge >= 0.3 is 5.97 Å². The van der Waals surface area contributed by atoms with Crippen molar-refractivity contribution in [2.24, 2.45) is 11.7 Å². The Bertz CT molecular complexity index is 1140. The van der Waals surface area contributed by atoms with Crippen molar-refractivity contribution in [1.29, 1.82) is 0 Å². The fraction of sp³-hybridized carbons (Fsp3) is 0.500. The smallest absolute Gasteiger partial charge is 0.343 e. The van der Waals surface area contributed by atoms with E-state index in [1.165, 1.54) is 6.07 Å². The van der Waals surface area contributed by atoms with Gasteiger partial charge in [-0.05, 0) is 57.6 Å². The molecule has 164 valence electrons. The lowest BCUT2D eigenvalue weighted by atomic mass is 9.98. The van der Waals surface area contributed by atoms with Crippen molar-refractivity contribution in [3.63, 3.8) is 0 Å². The number of carbonyl (C=O) groups excluding carboxylic acids is 1. The molecule has 0 amide bonds. The maximum absolute atomic E-state index is 15.6. The van der Waals surface area contributed by atoms with Crippen LogP contribution in [0.2, 0.25) is 0 Å². The first kappa shape index (κ1) is 20.2. The molecule has 1 aliphatic carbocycles. The first-order valence-electron chi connectivity index (χ1n) is 11.2. The number of benzene rings is 1. The zero-order valence-electron chi connectivity index (χ0n) is 17.8. The van der Waals surface area contributed by atoms with Crippen molar-refractivity contribution in [3.05, 3.63) is 45.5 Å². The van der Waals surface area contributed by atoms with Crippen LogP contribution in [-0.4, -0.2) is 36.3 Å². The number of hydrogen-bond donors (Lipinski definition) is 1. The number of fused-ring (bicyclic) bond motifs is 5. The van der Waals surface area contributed by atoms with Crippen LogP contribution in [0, 0.1) is 11.7 Å². The lowest BCUT2D eigenvalue weighted by Gasteiger charge is -2.31. The Morgan fingerprint density at radius 2 is 2.10 bits per heavy atom. The normalized spacial score (nSPS) is 22.7. The summed E-state index contributed by atoms with van der Waals surface area (Å²) in [4.78, 5) is 27.8. The van der Waals surface area contributed by atoms with Gasteiger partial charge in [0.15, 0.2) is 0 Å². The van der Waals surface area contributed by atoms with E-state index in [1.54, 1.807) is 13.1 Å². The Morgan fingerprint density at radius 1 is 1.29 bits per heavy atom. The summed E-state index contributed by atoms with van der Waals surface area (Å²) in [7, 11) is 0. The molecule has 31 heavy (non-hydrogen) atoms. The summed E-state index contributed by atoms with van der Waals surface area (Å²) >= 11 is 0. The van der Waals surface area contributed by atoms with Crippen LogP contribution in [-0.2, 0) is 4.74 Å². The van der Waals surface area contributed by atoms with Gasteiger partial charge in [-0.25, -0.2) is 9.18 Å². The highest BCUT2D eigenvalue weighted by atomic mass is 19.1. The number of allylic oxidation sites excluding steroid dienone is 1. The summed E-state index contributed by atoms with van der Waals surface area (Å²) in [6.45, 7) is 3.19. The number of carbonyl (C=O) groups is 1. The van der Waals surface area contributed by atoms with E-state index in [9.17, 15) is 9.59 Å². The van der Waals surface area contributed by atoms with E-state index in [0.29, 0.717) is 23.7 Å². The van der Waals surface area contributed by atoms with E-state index >= 15 is 4.39 Å². The Kier molecular flexibility index (Phi) is 5.08. The lowest BCUT2D eigenvalue weighted by Crippen LogP contribution is -2.32. The number of pyridine rings is 1. The zero-order valence-corrected chi connectivity index (χ0v) is 17.8. The van der Waals surface area contributed by atoms with Crippen molar-refractivity contribution < 1.29 is 13.9 Å². The molecule has 2 aromatic rings. The fourth-order valence-electron chi connectivity index (χ4n) is 5.17. The number of rotatable bonds is 4. The van der Waals surface area contributed by atoms with Gasteiger partial charge in [0.1, 0.15) is 11.4 Å². The van der Waals surface area contributed by atoms with Crippen LogP contribution in [0.15, 0.2) is 23.1 Å². The molecule has 1 aromatic carbocycles. The molecule has 7 heteroatoms. The van der Waals surface area contributed by atoms with E-state index in [1.807, 2.05) is 10.6 Å². The van der Waals surface area contributed by atoms with E-state index in [0.717, 1.165) is 44.2 Å². The molecule has 2 N–H and O–H groups in total. The van der Waals surface area contributed by atoms with Crippen molar-refractivity contribution in [2.75, 3.05) is 24.6 Å². The van der Waals surface area contributed by atoms with Crippen molar-refractivity contribution in [1.82, 2.24) is 4.57 Å². The molecule has 1 saturated heterocycles. The standard InChI is InChI=1S/C24H28FN3O3/c1-2-31-24(30)19-13-28(15-7-8-15)21-17-6-4-3-5-16-9-14(11-26)12-27(16)22(17)20(25)10-18(21)23(19)29/h4,6,10,13-16H,2-3,5,7-9,11-12,26H2,1H3/t14-,16?/m0/s1. The van der Waals surface area contributed by atoms with Gasteiger partial charge in [-0.2, -0.15) is 0 Å².